The summed E-state index contributed by atoms with van der Waals surface area (Å²) in [5, 5.41) is 9.37. The Morgan fingerprint density at radius 2 is 1.66 bits per heavy atom. The van der Waals surface area contributed by atoms with E-state index in [0.717, 1.165) is 10.3 Å². The molecule has 1 aliphatic rings. The van der Waals surface area contributed by atoms with Gasteiger partial charge in [0.1, 0.15) is 5.82 Å². The third-order valence-corrected chi connectivity index (χ3v) is 5.73. The molecule has 3 aromatic rings. The number of alkyl halides is 2. The third-order valence-electron chi connectivity index (χ3n) is 5.73. The molecule has 0 aliphatic carbocycles. The second kappa shape index (κ2) is 13.8. The van der Waals surface area contributed by atoms with Crippen molar-refractivity contribution in [3.63, 3.8) is 0 Å². The summed E-state index contributed by atoms with van der Waals surface area (Å²) in [6, 6.07) is 14.3. The second-order valence-corrected chi connectivity index (χ2v) is 8.11. The van der Waals surface area contributed by atoms with E-state index < -0.39 is 12.5 Å². The average Bonchev–Trinajstić information content (AvgIpc) is 3.27. The summed E-state index contributed by atoms with van der Waals surface area (Å²) < 4.78 is 28.6. The summed E-state index contributed by atoms with van der Waals surface area (Å²) in [6.07, 6.45) is 1.08. The van der Waals surface area contributed by atoms with Crippen LogP contribution in [0.3, 0.4) is 0 Å². The number of carboxylic acid groups (broad SMARTS) is 1. The molecule has 35 heavy (non-hydrogen) atoms. The van der Waals surface area contributed by atoms with Gasteiger partial charge < -0.3 is 10.0 Å². The number of fused-ring (bicyclic) bond motifs is 1. The molecule has 194 valence electrons. The van der Waals surface area contributed by atoms with Crippen molar-refractivity contribution < 1.29 is 18.7 Å². The fraction of sp³-hybridized carbons (Fsp3) is 0.500. The van der Waals surface area contributed by atoms with E-state index in [0.29, 0.717) is 36.0 Å². The number of aromatic nitrogens is 2. The van der Waals surface area contributed by atoms with Gasteiger partial charge in [-0.15, -0.1) is 0 Å². The fourth-order valence-corrected chi connectivity index (χ4v) is 4.35. The molecule has 0 saturated carbocycles. The zero-order valence-corrected chi connectivity index (χ0v) is 22.3. The Morgan fingerprint density at radius 3 is 2.23 bits per heavy atom. The van der Waals surface area contributed by atoms with Gasteiger partial charge >= 0.3 is 12.5 Å². The molecule has 0 radical (unpaired) electrons. The van der Waals surface area contributed by atoms with Crippen LogP contribution in [0.15, 0.2) is 48.5 Å². The van der Waals surface area contributed by atoms with E-state index in [-0.39, 0.29) is 17.3 Å². The predicted molar refractivity (Wildman–Crippen MR) is 142 cm³/mol. The van der Waals surface area contributed by atoms with Crippen LogP contribution in [0.2, 0.25) is 0 Å². The smallest absolute Gasteiger partial charge is 0.320 e. The van der Waals surface area contributed by atoms with Crippen molar-refractivity contribution in [2.24, 2.45) is 5.92 Å². The van der Waals surface area contributed by atoms with Gasteiger partial charge in [-0.2, -0.15) is 8.78 Å². The number of halogens is 2. The Balaban J connectivity index is 0.000000949. The molecule has 1 aromatic heterocycles. The normalized spacial score (nSPS) is 16.3. The second-order valence-electron chi connectivity index (χ2n) is 8.11. The van der Waals surface area contributed by atoms with E-state index in [1.165, 1.54) is 0 Å². The lowest BCUT2D eigenvalue weighted by atomic mass is 9.82. The van der Waals surface area contributed by atoms with E-state index in [4.69, 9.17) is 0 Å². The number of hydrogen-bond donors (Lipinski definition) is 1. The Labute approximate surface area is 208 Å². The summed E-state index contributed by atoms with van der Waals surface area (Å²) in [5.74, 6) is -0.911. The topological polar surface area (TPSA) is 58.4 Å². The first-order valence-electron chi connectivity index (χ1n) is 12.6. The molecule has 0 spiro atoms. The maximum atomic E-state index is 13.8. The maximum Gasteiger partial charge on any atom is 0.320 e. The minimum atomic E-state index is -2.70. The summed E-state index contributed by atoms with van der Waals surface area (Å²) >= 11 is 0. The molecule has 0 amide bonds. The quantitative estimate of drug-likeness (QED) is 0.401. The van der Waals surface area contributed by atoms with Gasteiger partial charge in [0.15, 0.2) is 0 Å². The molecule has 0 bridgehead atoms. The summed E-state index contributed by atoms with van der Waals surface area (Å²) in [7, 11) is 0. The highest BCUT2D eigenvalue weighted by Crippen LogP contribution is 2.38. The van der Waals surface area contributed by atoms with Gasteiger partial charge in [0.25, 0.3) is 0 Å². The lowest BCUT2D eigenvalue weighted by Gasteiger charge is -2.46. The highest BCUT2D eigenvalue weighted by atomic mass is 19.3. The van der Waals surface area contributed by atoms with Crippen LogP contribution in [0, 0.1) is 5.92 Å². The Kier molecular flexibility index (Phi) is 11.9. The Bertz CT molecular complexity index is 1060. The van der Waals surface area contributed by atoms with Gasteiger partial charge in [0, 0.05) is 23.3 Å². The molecule has 1 fully saturated rings. The molecule has 7 heteroatoms. The molecular weight excluding hydrogens is 448 g/mol. The van der Waals surface area contributed by atoms with E-state index in [9.17, 15) is 18.7 Å². The highest BCUT2D eigenvalue weighted by Gasteiger charge is 2.38. The first-order valence-corrected chi connectivity index (χ1v) is 12.6. The lowest BCUT2D eigenvalue weighted by molar-refractivity contribution is -0.143. The van der Waals surface area contributed by atoms with Crippen LogP contribution in [0.4, 0.5) is 14.5 Å². The summed E-state index contributed by atoms with van der Waals surface area (Å²) in [4.78, 5) is 18.0. The van der Waals surface area contributed by atoms with Crippen LogP contribution in [0.25, 0.3) is 22.4 Å². The van der Waals surface area contributed by atoms with Crippen LogP contribution in [0.1, 0.15) is 74.8 Å². The molecule has 4 rings (SSSR count). The zero-order chi connectivity index (χ0) is 26.8. The third kappa shape index (κ3) is 6.80. The van der Waals surface area contributed by atoms with Gasteiger partial charge in [-0.1, -0.05) is 65.8 Å². The van der Waals surface area contributed by atoms with Crippen molar-refractivity contribution >= 4 is 22.7 Å². The van der Waals surface area contributed by atoms with Crippen LogP contribution >= 0.6 is 0 Å². The number of anilines is 1. The number of imidazole rings is 1. The number of benzene rings is 2. The molecule has 5 nitrogen and oxygen atoms in total. The monoisotopic (exact) mass is 489 g/mol. The van der Waals surface area contributed by atoms with Crippen LogP contribution in [-0.2, 0) is 4.79 Å². The molecule has 2 aromatic carbocycles. The minimum Gasteiger partial charge on any atom is -0.481 e. The van der Waals surface area contributed by atoms with E-state index >= 15 is 0 Å². The number of carboxylic acids is 1. The number of para-hydroxylation sites is 2. The van der Waals surface area contributed by atoms with E-state index in [1.54, 1.807) is 30.3 Å². The van der Waals surface area contributed by atoms with Gasteiger partial charge in [-0.25, -0.2) is 4.98 Å². The van der Waals surface area contributed by atoms with Crippen molar-refractivity contribution in [1.82, 2.24) is 9.55 Å². The Hall–Kier alpha value is -2.96. The number of rotatable bonds is 4. The predicted octanol–water partition coefficient (Wildman–Crippen LogP) is 8.26. The van der Waals surface area contributed by atoms with Crippen molar-refractivity contribution in [3.8, 4) is 11.4 Å². The highest BCUT2D eigenvalue weighted by molar-refractivity contribution is 5.81. The number of carbonyl (C=O) groups is 1. The lowest BCUT2D eigenvalue weighted by Crippen LogP contribution is -2.51. The average molecular weight is 490 g/mol. The Morgan fingerprint density at radius 1 is 1.03 bits per heavy atom. The first kappa shape index (κ1) is 30.1. The molecular formula is C28H41F2N3O2. The molecule has 1 atom stereocenters. The largest absolute Gasteiger partial charge is 0.481 e. The van der Waals surface area contributed by atoms with E-state index in [1.807, 2.05) is 73.6 Å². The zero-order valence-electron chi connectivity index (χ0n) is 22.3. The first-order chi connectivity index (χ1) is 16.8. The number of piperidine rings is 1. The number of hydrogen-bond acceptors (Lipinski definition) is 3. The van der Waals surface area contributed by atoms with Gasteiger partial charge in [0.05, 0.1) is 17.0 Å². The summed E-state index contributed by atoms with van der Waals surface area (Å²) in [5.41, 5.74) is 2.05. The van der Waals surface area contributed by atoms with Gasteiger partial charge in [-0.05, 0) is 51.0 Å². The fourth-order valence-electron chi connectivity index (χ4n) is 4.35. The van der Waals surface area contributed by atoms with Crippen molar-refractivity contribution in [3.05, 3.63) is 48.5 Å². The minimum absolute atomic E-state index is 0.223. The molecule has 2 heterocycles. The van der Waals surface area contributed by atoms with Crippen LogP contribution in [-0.4, -0.2) is 32.7 Å². The SMILES string of the molecule is CC.CC.CC.CC1(C)CC(C(=O)O)CCN1c1cccc(-c2nc3ccccc3n2C(F)F)c1. The van der Waals surface area contributed by atoms with Gasteiger partial charge in [0.2, 0.25) is 0 Å². The molecule has 1 aliphatic heterocycles. The van der Waals surface area contributed by atoms with Gasteiger partial charge in [-0.3, -0.25) is 9.36 Å². The molecule has 1 saturated heterocycles. The molecule has 1 N–H and O–H groups in total. The van der Waals surface area contributed by atoms with Crippen LogP contribution < -0.4 is 4.90 Å². The standard InChI is InChI=1S/C22H23F2N3O2.3C2H6/c1-22(2)13-15(20(28)29)10-11-26(22)16-7-5-6-14(12-16)19-25-17-8-3-4-9-18(17)27(19)21(23)24;3*1-2/h3-9,12,15,21H,10-11,13H2,1-2H3,(H,28,29);3*1-2H3. The van der Waals surface area contributed by atoms with Crippen molar-refractivity contribution in [2.45, 2.75) is 80.3 Å². The van der Waals surface area contributed by atoms with Crippen molar-refractivity contribution in [1.29, 1.82) is 0 Å². The van der Waals surface area contributed by atoms with E-state index in [2.05, 4.69) is 9.88 Å². The van der Waals surface area contributed by atoms with Crippen molar-refractivity contribution in [2.75, 3.05) is 11.4 Å². The maximum absolute atomic E-state index is 13.8. The number of nitrogens with zero attached hydrogens (tertiary/aromatic N) is 3. The van der Waals surface area contributed by atoms with Crippen LogP contribution in [0.5, 0.6) is 0 Å². The molecule has 1 unspecified atom stereocenters. The summed E-state index contributed by atoms with van der Waals surface area (Å²) in [6.45, 7) is 13.9. The number of aliphatic carboxylic acids is 1.